The number of hydrogen-bond donors (Lipinski definition) is 0. The van der Waals surface area contributed by atoms with Gasteiger partial charge >= 0.3 is 0 Å². The zero-order valence-corrected chi connectivity index (χ0v) is 14.7. The van der Waals surface area contributed by atoms with Gasteiger partial charge in [0, 0.05) is 21.4 Å². The zero-order valence-electron chi connectivity index (χ0n) is 12.3. The summed E-state index contributed by atoms with van der Waals surface area (Å²) in [7, 11) is -2.82. The lowest BCUT2D eigenvalue weighted by Crippen LogP contribution is -2.36. The normalized spacial score (nSPS) is 18.0. The Morgan fingerprint density at radius 2 is 1.86 bits per heavy atom. The Morgan fingerprint density at radius 1 is 1.24 bits per heavy atom. The largest absolute Gasteiger partial charge is 0.303 e. The van der Waals surface area contributed by atoms with Gasteiger partial charge in [0.25, 0.3) is 0 Å². The van der Waals surface area contributed by atoms with E-state index in [2.05, 4.69) is 17.0 Å². The van der Waals surface area contributed by atoms with E-state index in [0.717, 1.165) is 43.9 Å². The fraction of sp³-hybridized carbons (Fsp3) is 0.600. The first kappa shape index (κ1) is 17.1. The molecule has 1 aromatic rings. The summed E-state index contributed by atoms with van der Waals surface area (Å²) in [5.74, 6) is 0.298. The molecule has 118 valence electrons. The summed E-state index contributed by atoms with van der Waals surface area (Å²) < 4.78 is 22.2. The lowest BCUT2D eigenvalue weighted by atomic mass is 10.1. The van der Waals surface area contributed by atoms with Crippen molar-refractivity contribution in [3.05, 3.63) is 29.3 Å². The average molecular weight is 348 g/mol. The maximum Gasteiger partial charge on any atom is 0.147 e. The molecule has 0 aliphatic carbocycles. The van der Waals surface area contributed by atoms with E-state index in [4.69, 9.17) is 11.6 Å². The van der Waals surface area contributed by atoms with Gasteiger partial charge in [-0.25, -0.2) is 8.42 Å². The smallest absolute Gasteiger partial charge is 0.147 e. The summed E-state index contributed by atoms with van der Waals surface area (Å²) in [4.78, 5) is 3.65. The van der Waals surface area contributed by atoms with Gasteiger partial charge in [-0.1, -0.05) is 11.6 Å². The van der Waals surface area contributed by atoms with Crippen LogP contribution in [0.1, 0.15) is 19.3 Å². The molecule has 0 unspecified atom stereocenters. The highest BCUT2D eigenvalue weighted by Gasteiger charge is 2.20. The maximum atomic E-state index is 11.1. The Bertz CT molecular complexity index is 537. The fourth-order valence-electron chi connectivity index (χ4n) is 2.51. The first-order valence-corrected chi connectivity index (χ1v) is 10.6. The van der Waals surface area contributed by atoms with Crippen molar-refractivity contribution in [2.45, 2.75) is 29.4 Å². The Morgan fingerprint density at radius 3 is 2.43 bits per heavy atom. The minimum absolute atomic E-state index is 0.298. The molecular formula is C15H22ClNO2S2. The molecule has 0 radical (unpaired) electrons. The summed E-state index contributed by atoms with van der Waals surface area (Å²) >= 11 is 7.82. The van der Waals surface area contributed by atoms with Crippen molar-refractivity contribution in [2.24, 2.45) is 0 Å². The van der Waals surface area contributed by atoms with E-state index in [1.54, 1.807) is 0 Å². The van der Waals surface area contributed by atoms with Crippen molar-refractivity contribution in [1.29, 1.82) is 0 Å². The van der Waals surface area contributed by atoms with E-state index in [-0.39, 0.29) is 0 Å². The second-order valence-corrected chi connectivity index (χ2v) is 9.67. The van der Waals surface area contributed by atoms with Gasteiger partial charge in [0.1, 0.15) is 9.84 Å². The number of benzene rings is 1. The molecule has 21 heavy (non-hydrogen) atoms. The molecule has 1 saturated heterocycles. The number of halogens is 1. The molecule has 0 bridgehead atoms. The summed E-state index contributed by atoms with van der Waals surface area (Å²) in [6.45, 7) is 3.02. The topological polar surface area (TPSA) is 37.4 Å². The lowest BCUT2D eigenvalue weighted by Gasteiger charge is -2.31. The lowest BCUT2D eigenvalue weighted by molar-refractivity contribution is 0.233. The van der Waals surface area contributed by atoms with Crippen LogP contribution in [0.15, 0.2) is 29.2 Å². The highest BCUT2D eigenvalue weighted by molar-refractivity contribution is 8.00. The zero-order chi connectivity index (χ0) is 15.3. The third-order valence-electron chi connectivity index (χ3n) is 3.64. The van der Waals surface area contributed by atoms with Gasteiger partial charge < -0.3 is 4.90 Å². The van der Waals surface area contributed by atoms with Crippen LogP contribution < -0.4 is 0 Å². The second kappa shape index (κ2) is 7.86. The van der Waals surface area contributed by atoms with Crippen molar-refractivity contribution in [3.8, 4) is 0 Å². The average Bonchev–Trinajstić information content (AvgIpc) is 2.42. The first-order chi connectivity index (χ1) is 9.92. The van der Waals surface area contributed by atoms with E-state index in [1.807, 2.05) is 23.9 Å². The maximum absolute atomic E-state index is 11.1. The molecule has 0 amide bonds. The van der Waals surface area contributed by atoms with Crippen molar-refractivity contribution in [3.63, 3.8) is 0 Å². The molecule has 1 aromatic carbocycles. The van der Waals surface area contributed by atoms with E-state index < -0.39 is 9.84 Å². The van der Waals surface area contributed by atoms with Crippen LogP contribution >= 0.6 is 23.4 Å². The van der Waals surface area contributed by atoms with Crippen LogP contribution in [0.4, 0.5) is 0 Å². The number of piperidine rings is 1. The van der Waals surface area contributed by atoms with Crippen LogP contribution in [-0.2, 0) is 9.84 Å². The standard InChI is InChI=1S/C15H22ClNO2S2/c1-21(18,19)12-2-9-17-10-7-15(8-11-17)20-14-5-3-13(16)4-6-14/h3-6,15H,2,7-12H2,1H3. The molecule has 3 nitrogen and oxygen atoms in total. The predicted molar refractivity (Wildman–Crippen MR) is 91.1 cm³/mol. The van der Waals surface area contributed by atoms with Gasteiger partial charge in [-0.05, 0) is 63.2 Å². The molecule has 1 aliphatic rings. The third kappa shape index (κ3) is 6.59. The summed E-state index contributed by atoms with van der Waals surface area (Å²) in [6.07, 6.45) is 4.37. The fourth-order valence-corrected chi connectivity index (χ4v) is 4.41. The van der Waals surface area contributed by atoms with Gasteiger partial charge in [0.15, 0.2) is 0 Å². The van der Waals surface area contributed by atoms with Crippen LogP contribution in [-0.4, -0.2) is 50.2 Å². The molecule has 1 heterocycles. The highest BCUT2D eigenvalue weighted by Crippen LogP contribution is 2.31. The summed E-state index contributed by atoms with van der Waals surface area (Å²) in [6, 6.07) is 8.02. The molecule has 0 aromatic heterocycles. The Labute approximate surface area is 137 Å². The quantitative estimate of drug-likeness (QED) is 0.791. The third-order valence-corrected chi connectivity index (χ3v) is 6.27. The molecule has 0 saturated carbocycles. The minimum Gasteiger partial charge on any atom is -0.303 e. The van der Waals surface area contributed by atoms with E-state index in [0.29, 0.717) is 11.0 Å². The Hall–Kier alpha value is -0.230. The Balaban J connectivity index is 1.69. The van der Waals surface area contributed by atoms with Crippen molar-refractivity contribution in [1.82, 2.24) is 4.90 Å². The van der Waals surface area contributed by atoms with E-state index in [1.165, 1.54) is 11.2 Å². The van der Waals surface area contributed by atoms with Gasteiger partial charge in [-0.2, -0.15) is 0 Å². The van der Waals surface area contributed by atoms with Gasteiger partial charge in [-0.15, -0.1) is 11.8 Å². The number of rotatable bonds is 6. The molecule has 0 atom stereocenters. The molecule has 0 N–H and O–H groups in total. The number of sulfone groups is 1. The van der Waals surface area contributed by atoms with Crippen LogP contribution in [0, 0.1) is 0 Å². The molecule has 1 fully saturated rings. The number of nitrogens with zero attached hydrogens (tertiary/aromatic N) is 1. The number of thioether (sulfide) groups is 1. The molecule has 1 aliphatic heterocycles. The van der Waals surface area contributed by atoms with Crippen LogP contribution in [0.2, 0.25) is 5.02 Å². The van der Waals surface area contributed by atoms with Crippen molar-refractivity contribution >= 4 is 33.2 Å². The first-order valence-electron chi connectivity index (χ1n) is 7.25. The number of likely N-dealkylation sites (tertiary alicyclic amines) is 1. The van der Waals surface area contributed by atoms with Crippen molar-refractivity contribution in [2.75, 3.05) is 31.6 Å². The van der Waals surface area contributed by atoms with Crippen LogP contribution in [0.5, 0.6) is 0 Å². The molecule has 2 rings (SSSR count). The Kier molecular flexibility index (Phi) is 6.41. The van der Waals surface area contributed by atoms with Gasteiger partial charge in [0.2, 0.25) is 0 Å². The van der Waals surface area contributed by atoms with Crippen molar-refractivity contribution < 1.29 is 8.42 Å². The monoisotopic (exact) mass is 347 g/mol. The molecular weight excluding hydrogens is 326 g/mol. The van der Waals surface area contributed by atoms with E-state index >= 15 is 0 Å². The van der Waals surface area contributed by atoms with Gasteiger partial charge in [0.05, 0.1) is 5.75 Å². The molecule has 0 spiro atoms. The SMILES string of the molecule is CS(=O)(=O)CCCN1CCC(Sc2ccc(Cl)cc2)CC1. The summed E-state index contributed by atoms with van der Waals surface area (Å²) in [5.41, 5.74) is 0. The number of hydrogen-bond acceptors (Lipinski definition) is 4. The van der Waals surface area contributed by atoms with E-state index in [9.17, 15) is 8.42 Å². The minimum atomic E-state index is -2.82. The van der Waals surface area contributed by atoms with Gasteiger partial charge in [-0.3, -0.25) is 0 Å². The molecule has 6 heteroatoms. The predicted octanol–water partition coefficient (Wildman–Crippen LogP) is 3.33. The van der Waals surface area contributed by atoms with Crippen LogP contribution in [0.3, 0.4) is 0 Å². The summed E-state index contributed by atoms with van der Waals surface area (Å²) in [5, 5.41) is 1.43. The van der Waals surface area contributed by atoms with Crippen LogP contribution in [0.25, 0.3) is 0 Å². The highest BCUT2D eigenvalue weighted by atomic mass is 35.5. The second-order valence-electron chi connectivity index (χ2n) is 5.60.